The minimum absolute atomic E-state index is 0.602. The predicted octanol–water partition coefficient (Wildman–Crippen LogP) is 1.03. The van der Waals surface area contributed by atoms with Gasteiger partial charge in [-0.15, -0.1) is 10.2 Å². The van der Waals surface area contributed by atoms with E-state index in [1.54, 1.807) is 14.2 Å². The van der Waals surface area contributed by atoms with Crippen LogP contribution in [0.5, 0.6) is 11.5 Å². The number of rotatable bonds is 6. The fourth-order valence-corrected chi connectivity index (χ4v) is 3.46. The summed E-state index contributed by atoms with van der Waals surface area (Å²) < 4.78 is 12.9. The third-order valence-electron chi connectivity index (χ3n) is 5.35. The van der Waals surface area contributed by atoms with Crippen molar-refractivity contribution >= 4 is 5.96 Å². The Labute approximate surface area is 172 Å². The summed E-state index contributed by atoms with van der Waals surface area (Å²) in [5.41, 5.74) is 1.14. The number of nitrogens with zero attached hydrogens (tertiary/aromatic N) is 6. The minimum atomic E-state index is 0.602. The quantitative estimate of drug-likeness (QED) is 0.572. The Kier molecular flexibility index (Phi) is 6.92. The van der Waals surface area contributed by atoms with E-state index < -0.39 is 0 Å². The van der Waals surface area contributed by atoms with E-state index in [1.807, 2.05) is 37.7 Å². The Hall–Kier alpha value is -2.81. The molecule has 1 saturated heterocycles. The van der Waals surface area contributed by atoms with E-state index >= 15 is 0 Å². The molecule has 1 aromatic carbocycles. The van der Waals surface area contributed by atoms with Gasteiger partial charge in [0.25, 0.3) is 0 Å². The molecular weight excluding hydrogens is 370 g/mol. The van der Waals surface area contributed by atoms with Crippen LogP contribution in [-0.2, 0) is 20.1 Å². The molecule has 1 aromatic heterocycles. The van der Waals surface area contributed by atoms with Crippen molar-refractivity contribution < 1.29 is 9.47 Å². The molecule has 0 saturated carbocycles. The lowest BCUT2D eigenvalue weighted by molar-refractivity contribution is 0.171. The number of piperazine rings is 1. The maximum Gasteiger partial charge on any atom is 0.194 e. The van der Waals surface area contributed by atoms with E-state index in [0.717, 1.165) is 67.4 Å². The Bertz CT molecular complexity index is 841. The van der Waals surface area contributed by atoms with Gasteiger partial charge in [0.05, 0.1) is 20.8 Å². The Balaban J connectivity index is 1.55. The molecule has 158 valence electrons. The molecule has 0 unspecified atom stereocenters. The van der Waals surface area contributed by atoms with Crippen molar-refractivity contribution in [3.8, 4) is 11.5 Å². The number of aromatic nitrogens is 3. The summed E-state index contributed by atoms with van der Waals surface area (Å²) >= 11 is 0. The minimum Gasteiger partial charge on any atom is -0.497 e. The third kappa shape index (κ3) is 4.97. The Morgan fingerprint density at radius 2 is 1.90 bits per heavy atom. The Morgan fingerprint density at radius 1 is 1.14 bits per heavy atom. The lowest BCUT2D eigenvalue weighted by atomic mass is 10.1. The van der Waals surface area contributed by atoms with Crippen molar-refractivity contribution in [2.24, 2.45) is 12.0 Å². The summed E-state index contributed by atoms with van der Waals surface area (Å²) in [7, 11) is 7.18. The fraction of sp³-hybridized carbons (Fsp3) is 0.550. The average molecular weight is 402 g/mol. The molecule has 0 amide bonds. The number of hydrogen-bond donors (Lipinski definition) is 1. The first-order valence-corrected chi connectivity index (χ1v) is 9.79. The highest BCUT2D eigenvalue weighted by Crippen LogP contribution is 2.25. The van der Waals surface area contributed by atoms with E-state index in [2.05, 4.69) is 36.4 Å². The van der Waals surface area contributed by atoms with Crippen molar-refractivity contribution in [3.63, 3.8) is 0 Å². The second kappa shape index (κ2) is 9.60. The maximum absolute atomic E-state index is 5.51. The highest BCUT2D eigenvalue weighted by Gasteiger charge is 2.21. The molecule has 29 heavy (non-hydrogen) atoms. The first-order chi connectivity index (χ1) is 14.0. The molecule has 0 spiro atoms. The fourth-order valence-electron chi connectivity index (χ4n) is 3.46. The van der Waals surface area contributed by atoms with Crippen molar-refractivity contribution in [1.29, 1.82) is 0 Å². The molecular formula is C20H31N7O2. The highest BCUT2D eigenvalue weighted by molar-refractivity contribution is 5.79. The van der Waals surface area contributed by atoms with Gasteiger partial charge in [-0.1, -0.05) is 0 Å². The smallest absolute Gasteiger partial charge is 0.194 e. The number of guanidine groups is 1. The van der Waals surface area contributed by atoms with E-state index in [4.69, 9.17) is 9.47 Å². The number of benzene rings is 1. The number of nitrogens with one attached hydrogen (secondary N) is 1. The highest BCUT2D eigenvalue weighted by atomic mass is 16.5. The SMILES string of the molecule is CN=C(NCc1nnc(C)n1C)N1CCN(Cc2cc(OC)ccc2OC)CC1. The summed E-state index contributed by atoms with van der Waals surface area (Å²) in [5, 5.41) is 11.7. The summed E-state index contributed by atoms with van der Waals surface area (Å²) in [5.74, 6) is 4.43. The normalized spacial score (nSPS) is 15.5. The van der Waals surface area contributed by atoms with Crippen LogP contribution in [0.3, 0.4) is 0 Å². The van der Waals surface area contributed by atoms with Crippen LogP contribution in [-0.4, -0.2) is 78.0 Å². The zero-order valence-electron chi connectivity index (χ0n) is 18.0. The van der Waals surface area contributed by atoms with Gasteiger partial charge in [0.2, 0.25) is 0 Å². The first kappa shape index (κ1) is 20.9. The monoisotopic (exact) mass is 401 g/mol. The molecule has 0 atom stereocenters. The summed E-state index contributed by atoms with van der Waals surface area (Å²) in [4.78, 5) is 9.15. The van der Waals surface area contributed by atoms with Crippen molar-refractivity contribution in [2.45, 2.75) is 20.0 Å². The molecule has 1 N–H and O–H groups in total. The predicted molar refractivity (Wildman–Crippen MR) is 112 cm³/mol. The number of aliphatic imine (C=N–C) groups is 1. The van der Waals surface area contributed by atoms with Gasteiger partial charge in [-0.25, -0.2) is 0 Å². The molecule has 9 nitrogen and oxygen atoms in total. The van der Waals surface area contributed by atoms with Crippen LogP contribution in [0.2, 0.25) is 0 Å². The van der Waals surface area contributed by atoms with Gasteiger partial charge in [-0.2, -0.15) is 0 Å². The topological polar surface area (TPSA) is 80.0 Å². The molecule has 9 heteroatoms. The maximum atomic E-state index is 5.51. The zero-order valence-corrected chi connectivity index (χ0v) is 18.0. The van der Waals surface area contributed by atoms with Crippen LogP contribution in [0.25, 0.3) is 0 Å². The van der Waals surface area contributed by atoms with Crippen molar-refractivity contribution in [2.75, 3.05) is 47.4 Å². The van der Waals surface area contributed by atoms with E-state index in [1.165, 1.54) is 0 Å². The number of methoxy groups -OCH3 is 2. The van der Waals surface area contributed by atoms with Crippen LogP contribution in [0.1, 0.15) is 17.2 Å². The second-order valence-corrected chi connectivity index (χ2v) is 7.06. The standard InChI is InChI=1S/C20H31N7O2/c1-15-23-24-19(25(15)3)13-22-20(21-2)27-10-8-26(9-11-27)14-16-12-17(28-4)6-7-18(16)29-5/h6-7,12H,8-11,13-14H2,1-5H3,(H,21,22). The zero-order chi connectivity index (χ0) is 20.8. The van der Waals surface area contributed by atoms with E-state index in [0.29, 0.717) is 6.54 Å². The van der Waals surface area contributed by atoms with E-state index in [9.17, 15) is 0 Å². The molecule has 0 radical (unpaired) electrons. The molecule has 3 rings (SSSR count). The summed E-state index contributed by atoms with van der Waals surface area (Å²) in [6, 6.07) is 5.94. The van der Waals surface area contributed by atoms with Crippen molar-refractivity contribution in [3.05, 3.63) is 35.4 Å². The van der Waals surface area contributed by atoms with Crippen LogP contribution >= 0.6 is 0 Å². The van der Waals surface area contributed by atoms with E-state index in [-0.39, 0.29) is 0 Å². The summed E-state index contributed by atoms with van der Waals surface area (Å²) in [6.07, 6.45) is 0. The van der Waals surface area contributed by atoms with Gasteiger partial charge >= 0.3 is 0 Å². The molecule has 2 heterocycles. The van der Waals surface area contributed by atoms with Crippen LogP contribution in [0, 0.1) is 6.92 Å². The average Bonchev–Trinajstić information content (AvgIpc) is 3.07. The molecule has 1 fully saturated rings. The Morgan fingerprint density at radius 3 is 2.48 bits per heavy atom. The molecule has 0 aliphatic carbocycles. The number of aryl methyl sites for hydroxylation is 1. The van der Waals surface area contributed by atoms with Crippen molar-refractivity contribution in [1.82, 2.24) is 29.9 Å². The number of hydrogen-bond acceptors (Lipinski definition) is 6. The molecule has 0 bridgehead atoms. The largest absolute Gasteiger partial charge is 0.497 e. The lowest BCUT2D eigenvalue weighted by Gasteiger charge is -2.36. The molecule has 1 aliphatic heterocycles. The van der Waals surface area contributed by atoms with Crippen LogP contribution < -0.4 is 14.8 Å². The van der Waals surface area contributed by atoms with Crippen LogP contribution in [0.4, 0.5) is 0 Å². The number of ether oxygens (including phenoxy) is 2. The molecule has 1 aliphatic rings. The lowest BCUT2D eigenvalue weighted by Crippen LogP contribution is -2.52. The van der Waals surface area contributed by atoms with Gasteiger partial charge in [0, 0.05) is 52.4 Å². The van der Waals surface area contributed by atoms with Gasteiger partial charge in [0.15, 0.2) is 11.8 Å². The second-order valence-electron chi connectivity index (χ2n) is 7.06. The van der Waals surface area contributed by atoms with Gasteiger partial charge in [0.1, 0.15) is 17.3 Å². The van der Waals surface area contributed by atoms with Gasteiger partial charge < -0.3 is 24.3 Å². The first-order valence-electron chi connectivity index (χ1n) is 9.79. The molecule has 2 aromatic rings. The summed E-state index contributed by atoms with van der Waals surface area (Å²) in [6.45, 7) is 7.09. The third-order valence-corrected chi connectivity index (χ3v) is 5.35. The van der Waals surface area contributed by atoms with Gasteiger partial charge in [-0.05, 0) is 25.1 Å². The van der Waals surface area contributed by atoms with Crippen LogP contribution in [0.15, 0.2) is 23.2 Å². The van der Waals surface area contributed by atoms with Gasteiger partial charge in [-0.3, -0.25) is 9.89 Å².